The Morgan fingerprint density at radius 3 is 2.55 bits per heavy atom. The van der Waals surface area contributed by atoms with Crippen LogP contribution in [0.15, 0.2) is 36.0 Å². The zero-order chi connectivity index (χ0) is 24.4. The van der Waals surface area contributed by atoms with E-state index >= 15 is 0 Å². The molecule has 33 heavy (non-hydrogen) atoms. The topological polar surface area (TPSA) is 126 Å². The fraction of sp³-hybridized carbons (Fsp3) is 0.364. The largest absolute Gasteiger partial charge is 0.450 e. The Labute approximate surface area is 197 Å². The zero-order valence-electron chi connectivity index (χ0n) is 19.1. The maximum atomic E-state index is 12.6. The smallest absolute Gasteiger partial charge is 0.407 e. The van der Waals surface area contributed by atoms with E-state index in [0.29, 0.717) is 17.3 Å². The van der Waals surface area contributed by atoms with Gasteiger partial charge < -0.3 is 25.3 Å². The summed E-state index contributed by atoms with van der Waals surface area (Å²) in [5, 5.41) is 11.2. The van der Waals surface area contributed by atoms with Crippen LogP contribution in [0.1, 0.15) is 37.0 Å². The highest BCUT2D eigenvalue weighted by Gasteiger charge is 2.17. The second kappa shape index (κ2) is 12.5. The molecule has 4 N–H and O–H groups in total. The standard InChI is InChI=1S/C22H29ClN6O4/c1-5-33-22(32)25-10-9-24-20(30)19-27-18(13-29(19)11-8-14(2)3)28-21(31)26-17-7-6-16(23)12-15(17)4/h6-8,12-13H,5,9-11H2,1-4H3,(H,24,30)(H,25,32)(H2,26,28,31). The van der Waals surface area contributed by atoms with Crippen molar-refractivity contribution in [2.75, 3.05) is 30.3 Å². The van der Waals surface area contributed by atoms with Crippen LogP contribution in [0, 0.1) is 6.92 Å². The molecule has 0 spiro atoms. The molecule has 0 unspecified atom stereocenters. The molecule has 0 atom stereocenters. The van der Waals surface area contributed by atoms with E-state index in [0.717, 1.165) is 11.1 Å². The van der Waals surface area contributed by atoms with Gasteiger partial charge in [0, 0.05) is 36.5 Å². The second-order valence-corrected chi connectivity index (χ2v) is 7.76. The van der Waals surface area contributed by atoms with Crippen molar-refractivity contribution in [3.8, 4) is 0 Å². The Bertz CT molecular complexity index is 1030. The first-order valence-electron chi connectivity index (χ1n) is 10.4. The Kier molecular flexibility index (Phi) is 9.74. The summed E-state index contributed by atoms with van der Waals surface area (Å²) < 4.78 is 6.39. The van der Waals surface area contributed by atoms with Crippen LogP contribution < -0.4 is 21.3 Å². The summed E-state index contributed by atoms with van der Waals surface area (Å²) in [6.45, 7) is 8.47. The number of nitrogens with one attached hydrogen (secondary N) is 4. The fourth-order valence-electron chi connectivity index (χ4n) is 2.72. The molecule has 2 rings (SSSR count). The highest BCUT2D eigenvalue weighted by molar-refractivity contribution is 6.30. The molecule has 4 amide bonds. The van der Waals surface area contributed by atoms with Gasteiger partial charge in [-0.25, -0.2) is 14.6 Å². The van der Waals surface area contributed by atoms with Gasteiger partial charge in [0.1, 0.15) is 0 Å². The molecule has 11 heteroatoms. The summed E-state index contributed by atoms with van der Waals surface area (Å²) in [5.41, 5.74) is 2.48. The normalized spacial score (nSPS) is 10.2. The molecular weight excluding hydrogens is 448 g/mol. The highest BCUT2D eigenvalue weighted by atomic mass is 35.5. The van der Waals surface area contributed by atoms with Crippen LogP contribution in [0.3, 0.4) is 0 Å². The second-order valence-electron chi connectivity index (χ2n) is 7.33. The number of alkyl carbamates (subject to hydrolysis) is 1. The molecule has 178 valence electrons. The van der Waals surface area contributed by atoms with Gasteiger partial charge in [0.25, 0.3) is 5.91 Å². The van der Waals surface area contributed by atoms with Crippen molar-refractivity contribution in [1.82, 2.24) is 20.2 Å². The molecule has 0 aliphatic heterocycles. The number of aryl methyl sites for hydroxylation is 1. The van der Waals surface area contributed by atoms with Crippen LogP contribution in [0.4, 0.5) is 21.1 Å². The predicted molar refractivity (Wildman–Crippen MR) is 128 cm³/mol. The first kappa shape index (κ1) is 25.7. The lowest BCUT2D eigenvalue weighted by molar-refractivity contribution is 0.0938. The minimum atomic E-state index is -0.551. The number of nitrogens with zero attached hydrogens (tertiary/aromatic N) is 2. The number of anilines is 2. The average molecular weight is 477 g/mol. The van der Waals surface area contributed by atoms with E-state index in [2.05, 4.69) is 26.3 Å². The lowest BCUT2D eigenvalue weighted by Gasteiger charge is -2.08. The van der Waals surface area contributed by atoms with Crippen LogP contribution in [0.25, 0.3) is 0 Å². The van der Waals surface area contributed by atoms with E-state index in [9.17, 15) is 14.4 Å². The molecule has 0 bridgehead atoms. The number of rotatable bonds is 9. The van der Waals surface area contributed by atoms with E-state index < -0.39 is 18.0 Å². The number of carbonyl (C=O) groups is 3. The van der Waals surface area contributed by atoms with Crippen molar-refractivity contribution >= 4 is 41.1 Å². The van der Waals surface area contributed by atoms with E-state index in [-0.39, 0.29) is 31.3 Å². The monoisotopic (exact) mass is 476 g/mol. The number of hydrogen-bond donors (Lipinski definition) is 4. The number of allylic oxidation sites excluding steroid dienone is 2. The first-order valence-corrected chi connectivity index (χ1v) is 10.8. The van der Waals surface area contributed by atoms with Crippen molar-refractivity contribution in [3.05, 3.63) is 52.5 Å². The number of ether oxygens (including phenoxy) is 1. The summed E-state index contributed by atoms with van der Waals surface area (Å²) in [7, 11) is 0. The van der Waals surface area contributed by atoms with Gasteiger partial charge >= 0.3 is 12.1 Å². The summed E-state index contributed by atoms with van der Waals surface area (Å²) in [6.07, 6.45) is 2.96. The molecule has 0 saturated carbocycles. The van der Waals surface area contributed by atoms with E-state index in [1.54, 1.807) is 35.9 Å². The minimum Gasteiger partial charge on any atom is -0.450 e. The summed E-state index contributed by atoms with van der Waals surface area (Å²) >= 11 is 5.95. The van der Waals surface area contributed by atoms with Crippen molar-refractivity contribution in [1.29, 1.82) is 0 Å². The molecule has 2 aromatic rings. The van der Waals surface area contributed by atoms with Gasteiger partial charge in [-0.15, -0.1) is 0 Å². The number of aromatic nitrogens is 2. The minimum absolute atomic E-state index is 0.126. The first-order chi connectivity index (χ1) is 15.7. The van der Waals surface area contributed by atoms with Crippen molar-refractivity contribution in [3.63, 3.8) is 0 Å². The summed E-state index contributed by atoms with van der Waals surface area (Å²) in [5.74, 6) is -0.0949. The maximum absolute atomic E-state index is 12.6. The predicted octanol–water partition coefficient (Wildman–Crippen LogP) is 3.93. The number of urea groups is 1. The molecule has 1 aromatic heterocycles. The van der Waals surface area contributed by atoms with Crippen molar-refractivity contribution < 1.29 is 19.1 Å². The zero-order valence-corrected chi connectivity index (χ0v) is 19.9. The quantitative estimate of drug-likeness (QED) is 0.322. The van der Waals surface area contributed by atoms with Crippen molar-refractivity contribution in [2.24, 2.45) is 0 Å². The number of carbonyl (C=O) groups excluding carboxylic acids is 3. The van der Waals surface area contributed by atoms with Gasteiger partial charge in [-0.3, -0.25) is 10.1 Å². The third kappa shape index (κ3) is 8.49. The lowest BCUT2D eigenvalue weighted by Crippen LogP contribution is -2.36. The number of halogens is 1. The Morgan fingerprint density at radius 2 is 1.88 bits per heavy atom. The van der Waals surface area contributed by atoms with Gasteiger partial charge in [-0.1, -0.05) is 23.3 Å². The fourth-order valence-corrected chi connectivity index (χ4v) is 2.94. The summed E-state index contributed by atoms with van der Waals surface area (Å²) in [6, 6.07) is 4.62. The molecule has 1 heterocycles. The number of hydrogen-bond acceptors (Lipinski definition) is 5. The number of imidazole rings is 1. The average Bonchev–Trinajstić information content (AvgIpc) is 3.14. The van der Waals surface area contributed by atoms with E-state index in [4.69, 9.17) is 16.3 Å². The van der Waals surface area contributed by atoms with Crippen LogP contribution in [0.2, 0.25) is 5.02 Å². The third-order valence-electron chi connectivity index (χ3n) is 4.31. The van der Waals surface area contributed by atoms with Gasteiger partial charge in [0.2, 0.25) is 5.82 Å². The Morgan fingerprint density at radius 1 is 1.15 bits per heavy atom. The SMILES string of the molecule is CCOC(=O)NCCNC(=O)c1nc(NC(=O)Nc2ccc(Cl)cc2C)cn1CC=C(C)C. The van der Waals surface area contributed by atoms with Crippen LogP contribution in [0.5, 0.6) is 0 Å². The highest BCUT2D eigenvalue weighted by Crippen LogP contribution is 2.20. The molecule has 1 aromatic carbocycles. The Balaban J connectivity index is 2.05. The maximum Gasteiger partial charge on any atom is 0.407 e. The van der Waals surface area contributed by atoms with Crippen LogP contribution in [-0.4, -0.2) is 47.3 Å². The van der Waals surface area contributed by atoms with Gasteiger partial charge in [-0.2, -0.15) is 0 Å². The van der Waals surface area contributed by atoms with Crippen molar-refractivity contribution in [2.45, 2.75) is 34.2 Å². The molecular formula is C22H29ClN6O4. The van der Waals surface area contributed by atoms with Crippen LogP contribution in [-0.2, 0) is 11.3 Å². The van der Waals surface area contributed by atoms with Gasteiger partial charge in [-0.05, 0) is 51.5 Å². The molecule has 0 radical (unpaired) electrons. The molecule has 0 fully saturated rings. The molecule has 0 saturated heterocycles. The van der Waals surface area contributed by atoms with E-state index in [1.807, 2.05) is 26.8 Å². The van der Waals surface area contributed by atoms with Gasteiger partial charge in [0.15, 0.2) is 5.82 Å². The number of amides is 4. The molecule has 0 aliphatic rings. The molecule has 10 nitrogen and oxygen atoms in total. The van der Waals surface area contributed by atoms with Crippen LogP contribution >= 0.6 is 11.6 Å². The third-order valence-corrected chi connectivity index (χ3v) is 4.54. The molecule has 0 aliphatic carbocycles. The number of benzene rings is 1. The van der Waals surface area contributed by atoms with E-state index in [1.165, 1.54) is 0 Å². The Hall–Kier alpha value is -3.53. The van der Waals surface area contributed by atoms with Gasteiger partial charge in [0.05, 0.1) is 6.61 Å². The summed E-state index contributed by atoms with van der Waals surface area (Å²) in [4.78, 5) is 40.7. The lowest BCUT2D eigenvalue weighted by atomic mass is 10.2.